The minimum absolute atomic E-state index is 0.0644. The van der Waals surface area contributed by atoms with Crippen molar-refractivity contribution < 1.29 is 9.32 Å². The van der Waals surface area contributed by atoms with E-state index in [1.165, 1.54) is 0 Å². The van der Waals surface area contributed by atoms with Crippen LogP contribution in [-0.4, -0.2) is 49.2 Å². The first-order valence-electron chi connectivity index (χ1n) is 8.93. The third-order valence-corrected chi connectivity index (χ3v) is 4.86. The van der Waals surface area contributed by atoms with Gasteiger partial charge in [0.15, 0.2) is 5.69 Å². The summed E-state index contributed by atoms with van der Waals surface area (Å²) in [5.74, 6) is 1.04. The van der Waals surface area contributed by atoms with Crippen molar-refractivity contribution in [2.45, 2.75) is 26.7 Å². The van der Waals surface area contributed by atoms with Crippen molar-refractivity contribution in [1.82, 2.24) is 30.2 Å². The number of aryl methyl sites for hydroxylation is 2. The maximum atomic E-state index is 12.5. The highest BCUT2D eigenvalue weighted by Crippen LogP contribution is 2.25. The minimum Gasteiger partial charge on any atom is -0.361 e. The molecule has 1 fully saturated rings. The fourth-order valence-electron chi connectivity index (χ4n) is 3.50. The summed E-state index contributed by atoms with van der Waals surface area (Å²) in [5, 5.41) is 11.6. The number of hydrogen-bond acceptors (Lipinski definition) is 7. The number of aromatic nitrogens is 5. The molecule has 27 heavy (non-hydrogen) atoms. The molecule has 8 nitrogen and oxygen atoms in total. The van der Waals surface area contributed by atoms with Crippen molar-refractivity contribution in [3.8, 4) is 11.3 Å². The molecule has 0 bridgehead atoms. The molecule has 1 aliphatic heterocycles. The van der Waals surface area contributed by atoms with Gasteiger partial charge < -0.3 is 9.42 Å². The van der Waals surface area contributed by atoms with Crippen LogP contribution in [0, 0.1) is 19.8 Å². The molecule has 0 aliphatic carbocycles. The maximum Gasteiger partial charge on any atom is 0.274 e. The Labute approximate surface area is 156 Å². The van der Waals surface area contributed by atoms with Gasteiger partial charge >= 0.3 is 0 Å². The highest BCUT2D eigenvalue weighted by Gasteiger charge is 2.28. The Morgan fingerprint density at radius 3 is 2.85 bits per heavy atom. The van der Waals surface area contributed by atoms with Gasteiger partial charge in [-0.2, -0.15) is 5.10 Å². The van der Waals surface area contributed by atoms with Crippen LogP contribution < -0.4 is 0 Å². The fourth-order valence-corrected chi connectivity index (χ4v) is 3.50. The van der Waals surface area contributed by atoms with Crippen molar-refractivity contribution >= 4 is 5.91 Å². The summed E-state index contributed by atoms with van der Waals surface area (Å²) in [5.41, 5.74) is 3.78. The molecule has 3 aromatic rings. The van der Waals surface area contributed by atoms with Crippen molar-refractivity contribution in [2.75, 3.05) is 13.1 Å². The summed E-state index contributed by atoms with van der Waals surface area (Å²) >= 11 is 0. The smallest absolute Gasteiger partial charge is 0.274 e. The van der Waals surface area contributed by atoms with Gasteiger partial charge in [-0.1, -0.05) is 5.16 Å². The van der Waals surface area contributed by atoms with Crippen LogP contribution in [0.4, 0.5) is 0 Å². The lowest BCUT2D eigenvalue weighted by Crippen LogP contribution is -2.29. The number of carbonyl (C=O) groups is 1. The topological polar surface area (TPSA) is 97.9 Å². The third-order valence-electron chi connectivity index (χ3n) is 4.86. The van der Waals surface area contributed by atoms with E-state index < -0.39 is 0 Å². The first kappa shape index (κ1) is 17.3. The van der Waals surface area contributed by atoms with E-state index in [2.05, 4.69) is 25.3 Å². The maximum absolute atomic E-state index is 12.5. The zero-order chi connectivity index (χ0) is 18.8. The van der Waals surface area contributed by atoms with E-state index in [1.54, 1.807) is 30.7 Å². The van der Waals surface area contributed by atoms with Crippen LogP contribution in [0.25, 0.3) is 11.3 Å². The molecule has 138 valence electrons. The number of hydrogen-bond donors (Lipinski definition) is 0. The van der Waals surface area contributed by atoms with Crippen LogP contribution in [0.15, 0.2) is 35.2 Å². The monoisotopic (exact) mass is 364 g/mol. The zero-order valence-corrected chi connectivity index (χ0v) is 15.3. The molecule has 1 amide bonds. The Hall–Kier alpha value is -3.16. The first-order valence-corrected chi connectivity index (χ1v) is 8.93. The molecule has 0 spiro atoms. The van der Waals surface area contributed by atoms with Gasteiger partial charge in [0.2, 0.25) is 0 Å². The lowest BCUT2D eigenvalue weighted by atomic mass is 10.0. The fraction of sp³-hybridized carbons (Fsp3) is 0.368. The lowest BCUT2D eigenvalue weighted by Gasteiger charge is -2.15. The lowest BCUT2D eigenvalue weighted by molar-refractivity contribution is 0.0780. The molecule has 1 unspecified atom stereocenters. The summed E-state index contributed by atoms with van der Waals surface area (Å²) in [7, 11) is 0. The van der Waals surface area contributed by atoms with Crippen LogP contribution in [0.2, 0.25) is 0 Å². The minimum atomic E-state index is -0.0644. The van der Waals surface area contributed by atoms with E-state index in [1.807, 2.05) is 18.7 Å². The highest BCUT2D eigenvalue weighted by atomic mass is 16.5. The van der Waals surface area contributed by atoms with Crippen molar-refractivity contribution in [3.63, 3.8) is 0 Å². The van der Waals surface area contributed by atoms with Gasteiger partial charge in [0.1, 0.15) is 5.76 Å². The average Bonchev–Trinajstić information content (AvgIpc) is 3.29. The van der Waals surface area contributed by atoms with E-state index in [9.17, 15) is 4.79 Å². The number of carbonyl (C=O) groups excluding carboxylic acids is 1. The van der Waals surface area contributed by atoms with Gasteiger partial charge in [0.25, 0.3) is 5.91 Å². The summed E-state index contributed by atoms with van der Waals surface area (Å²) < 4.78 is 5.19. The Kier molecular flexibility index (Phi) is 4.62. The number of amides is 1. The summed E-state index contributed by atoms with van der Waals surface area (Å²) in [6.07, 6.45) is 6.86. The van der Waals surface area contributed by atoms with Crippen molar-refractivity contribution in [2.24, 2.45) is 5.92 Å². The Morgan fingerprint density at radius 2 is 2.19 bits per heavy atom. The zero-order valence-electron chi connectivity index (χ0n) is 15.3. The quantitative estimate of drug-likeness (QED) is 0.700. The second-order valence-electron chi connectivity index (χ2n) is 6.81. The SMILES string of the molecule is Cc1noc(C)c1-c1cnc(CC2CCN(C(=O)c3cccnn3)C2)cn1. The third kappa shape index (κ3) is 3.55. The normalized spacial score (nSPS) is 16.7. The number of nitrogens with zero attached hydrogens (tertiary/aromatic N) is 6. The number of likely N-dealkylation sites (tertiary alicyclic amines) is 1. The van der Waals surface area contributed by atoms with E-state index in [0.29, 0.717) is 18.2 Å². The van der Waals surface area contributed by atoms with Crippen LogP contribution in [0.1, 0.15) is 34.1 Å². The second-order valence-corrected chi connectivity index (χ2v) is 6.81. The summed E-state index contributed by atoms with van der Waals surface area (Å²) in [6.45, 7) is 5.18. The van der Waals surface area contributed by atoms with Crippen LogP contribution >= 0.6 is 0 Å². The molecule has 0 aromatic carbocycles. The average molecular weight is 364 g/mol. The van der Waals surface area contributed by atoms with Gasteiger partial charge in [-0.3, -0.25) is 14.8 Å². The first-order chi connectivity index (χ1) is 13.1. The van der Waals surface area contributed by atoms with E-state index >= 15 is 0 Å². The van der Waals surface area contributed by atoms with Crippen molar-refractivity contribution in [1.29, 1.82) is 0 Å². The van der Waals surface area contributed by atoms with Crippen molar-refractivity contribution in [3.05, 3.63) is 53.6 Å². The largest absolute Gasteiger partial charge is 0.361 e. The molecule has 3 aromatic heterocycles. The molecule has 4 heterocycles. The molecule has 1 atom stereocenters. The molecule has 4 rings (SSSR count). The summed E-state index contributed by atoms with van der Waals surface area (Å²) in [4.78, 5) is 23.4. The molecule has 8 heteroatoms. The molecule has 0 radical (unpaired) electrons. The van der Waals surface area contributed by atoms with Crippen LogP contribution in [0.3, 0.4) is 0 Å². The highest BCUT2D eigenvalue weighted by molar-refractivity contribution is 5.92. The molecule has 1 saturated heterocycles. The standard InChI is InChI=1S/C19H20N6O2/c1-12-18(13(2)27-24-12)17-10-20-15(9-21-17)8-14-5-7-25(11-14)19(26)16-4-3-6-22-23-16/h3-4,6,9-10,14H,5,7-8,11H2,1-2H3. The van der Waals surface area contributed by atoms with E-state index in [-0.39, 0.29) is 5.91 Å². The molecular formula is C19H20N6O2. The van der Waals surface area contributed by atoms with Gasteiger partial charge in [0, 0.05) is 25.5 Å². The Bertz CT molecular complexity index is 919. The summed E-state index contributed by atoms with van der Waals surface area (Å²) in [6, 6.07) is 3.42. The van der Waals surface area contributed by atoms with Crippen LogP contribution in [-0.2, 0) is 6.42 Å². The van der Waals surface area contributed by atoms with Gasteiger partial charge in [-0.25, -0.2) is 0 Å². The second kappa shape index (κ2) is 7.22. The predicted molar refractivity (Wildman–Crippen MR) is 96.7 cm³/mol. The van der Waals surface area contributed by atoms with Gasteiger partial charge in [0.05, 0.1) is 28.8 Å². The molecule has 1 aliphatic rings. The van der Waals surface area contributed by atoms with Gasteiger partial charge in [-0.05, 0) is 44.7 Å². The molecule has 0 N–H and O–H groups in total. The van der Waals surface area contributed by atoms with Crippen LogP contribution in [0.5, 0.6) is 0 Å². The Morgan fingerprint density at radius 1 is 1.30 bits per heavy atom. The Balaban J connectivity index is 1.40. The van der Waals surface area contributed by atoms with E-state index in [4.69, 9.17) is 4.52 Å². The molecular weight excluding hydrogens is 344 g/mol. The molecule has 0 saturated carbocycles. The number of rotatable bonds is 4. The predicted octanol–water partition coefficient (Wildman–Crippen LogP) is 2.24. The van der Waals surface area contributed by atoms with Gasteiger partial charge in [-0.15, -0.1) is 5.10 Å². The van der Waals surface area contributed by atoms with E-state index in [0.717, 1.165) is 47.8 Å².